The lowest BCUT2D eigenvalue weighted by molar-refractivity contribution is -0.147. The van der Waals surface area contributed by atoms with Crippen LogP contribution >= 0.6 is 11.6 Å². The Morgan fingerprint density at radius 2 is 2.30 bits per heavy atom. The summed E-state index contributed by atoms with van der Waals surface area (Å²) in [5, 5.41) is -0.194. The molecule has 2 saturated heterocycles. The number of nitrogens with zero attached hydrogens (tertiary/aromatic N) is 1. The van der Waals surface area contributed by atoms with E-state index in [0.29, 0.717) is 6.04 Å². The molecule has 10 heavy (non-hydrogen) atoms. The van der Waals surface area contributed by atoms with Gasteiger partial charge in [0.15, 0.2) is 0 Å². The van der Waals surface area contributed by atoms with Crippen molar-refractivity contribution in [2.24, 2.45) is 0 Å². The molecule has 2 heterocycles. The molecule has 3 heteroatoms. The van der Waals surface area contributed by atoms with Crippen LogP contribution in [-0.4, -0.2) is 28.8 Å². The third-order valence-electron chi connectivity index (χ3n) is 2.41. The van der Waals surface area contributed by atoms with Crippen LogP contribution in [0.2, 0.25) is 0 Å². The number of alkyl halides is 1. The molecular formula is C7H10ClNO. The van der Waals surface area contributed by atoms with Gasteiger partial charge in [-0.3, -0.25) is 4.79 Å². The summed E-state index contributed by atoms with van der Waals surface area (Å²) in [4.78, 5) is 12.9. The number of hydrogen-bond donors (Lipinski definition) is 0. The van der Waals surface area contributed by atoms with Gasteiger partial charge in [-0.2, -0.15) is 0 Å². The fraction of sp³-hybridized carbons (Fsp3) is 0.857. The van der Waals surface area contributed by atoms with Crippen LogP contribution < -0.4 is 0 Å². The lowest BCUT2D eigenvalue weighted by Gasteiger charge is -2.47. The van der Waals surface area contributed by atoms with Crippen LogP contribution in [0.3, 0.4) is 0 Å². The van der Waals surface area contributed by atoms with Crippen molar-refractivity contribution in [1.29, 1.82) is 0 Å². The van der Waals surface area contributed by atoms with Crippen LogP contribution in [0.1, 0.15) is 19.3 Å². The zero-order chi connectivity index (χ0) is 7.14. The largest absolute Gasteiger partial charge is 0.336 e. The summed E-state index contributed by atoms with van der Waals surface area (Å²) in [5.41, 5.74) is 0. The van der Waals surface area contributed by atoms with E-state index in [9.17, 15) is 4.79 Å². The van der Waals surface area contributed by atoms with Gasteiger partial charge in [0.05, 0.1) is 6.04 Å². The molecule has 2 aliphatic heterocycles. The molecule has 2 fully saturated rings. The quantitative estimate of drug-likeness (QED) is 0.381. The summed E-state index contributed by atoms with van der Waals surface area (Å²) in [7, 11) is 0. The Labute approximate surface area is 65.1 Å². The van der Waals surface area contributed by atoms with Crippen molar-refractivity contribution < 1.29 is 4.79 Å². The number of carbonyl (C=O) groups excluding carboxylic acids is 1. The molecule has 0 aliphatic carbocycles. The maximum Gasteiger partial charge on any atom is 0.243 e. The zero-order valence-corrected chi connectivity index (χ0v) is 6.47. The minimum absolute atomic E-state index is 0.145. The number of hydrogen-bond acceptors (Lipinski definition) is 1. The zero-order valence-electron chi connectivity index (χ0n) is 5.72. The molecule has 2 unspecified atom stereocenters. The molecular weight excluding hydrogens is 150 g/mol. The maximum atomic E-state index is 11.0. The second kappa shape index (κ2) is 2.12. The van der Waals surface area contributed by atoms with E-state index in [1.807, 2.05) is 4.90 Å². The molecule has 0 bridgehead atoms. The highest BCUT2D eigenvalue weighted by Gasteiger charge is 2.46. The molecule has 0 aromatic carbocycles. The first-order valence-corrected chi connectivity index (χ1v) is 4.19. The van der Waals surface area contributed by atoms with Crippen molar-refractivity contribution in [2.75, 3.05) is 6.54 Å². The predicted octanol–water partition coefficient (Wildman–Crippen LogP) is 0.989. The van der Waals surface area contributed by atoms with Gasteiger partial charge in [-0.15, -0.1) is 11.6 Å². The van der Waals surface area contributed by atoms with Gasteiger partial charge < -0.3 is 4.90 Å². The molecule has 0 spiro atoms. The number of halogens is 1. The normalized spacial score (nSPS) is 38.9. The van der Waals surface area contributed by atoms with E-state index >= 15 is 0 Å². The van der Waals surface area contributed by atoms with E-state index in [1.165, 1.54) is 6.42 Å². The Morgan fingerprint density at radius 1 is 1.50 bits per heavy atom. The summed E-state index contributed by atoms with van der Waals surface area (Å²) in [6.45, 7) is 0.937. The Hall–Kier alpha value is -0.240. The Morgan fingerprint density at radius 3 is 3.00 bits per heavy atom. The van der Waals surface area contributed by atoms with Gasteiger partial charge in [-0.1, -0.05) is 0 Å². The molecule has 0 saturated carbocycles. The number of carbonyl (C=O) groups is 1. The second-order valence-electron chi connectivity index (χ2n) is 3.00. The summed E-state index contributed by atoms with van der Waals surface area (Å²) in [6, 6.07) is 0.378. The Bertz CT molecular complexity index is 171. The SMILES string of the molecule is O=C1C(Cl)C2CCCCN12. The van der Waals surface area contributed by atoms with Crippen LogP contribution in [0.5, 0.6) is 0 Å². The van der Waals surface area contributed by atoms with Gasteiger partial charge >= 0.3 is 0 Å². The van der Waals surface area contributed by atoms with Crippen LogP contribution in [0.25, 0.3) is 0 Å². The van der Waals surface area contributed by atoms with Crippen LogP contribution in [0, 0.1) is 0 Å². The minimum atomic E-state index is -0.194. The van der Waals surface area contributed by atoms with Gasteiger partial charge in [0.1, 0.15) is 5.38 Å². The summed E-state index contributed by atoms with van der Waals surface area (Å²) < 4.78 is 0. The number of fused-ring (bicyclic) bond motifs is 1. The summed E-state index contributed by atoms with van der Waals surface area (Å²) in [6.07, 6.45) is 3.50. The van der Waals surface area contributed by atoms with Crippen LogP contribution in [0.15, 0.2) is 0 Å². The fourth-order valence-corrected chi connectivity index (χ4v) is 2.16. The van der Waals surface area contributed by atoms with E-state index < -0.39 is 0 Å². The fourth-order valence-electron chi connectivity index (χ4n) is 1.78. The lowest BCUT2D eigenvalue weighted by Crippen LogP contribution is -2.63. The maximum absolute atomic E-state index is 11.0. The van der Waals surface area contributed by atoms with Crippen molar-refractivity contribution in [3.05, 3.63) is 0 Å². The predicted molar refractivity (Wildman–Crippen MR) is 39.0 cm³/mol. The average molecular weight is 160 g/mol. The van der Waals surface area contributed by atoms with Crippen molar-refractivity contribution in [1.82, 2.24) is 4.90 Å². The van der Waals surface area contributed by atoms with Gasteiger partial charge in [0.25, 0.3) is 0 Å². The Balaban J connectivity index is 2.06. The van der Waals surface area contributed by atoms with E-state index in [2.05, 4.69) is 0 Å². The topological polar surface area (TPSA) is 20.3 Å². The van der Waals surface area contributed by atoms with E-state index in [4.69, 9.17) is 11.6 Å². The first-order chi connectivity index (χ1) is 4.80. The van der Waals surface area contributed by atoms with Crippen molar-refractivity contribution in [3.8, 4) is 0 Å². The number of β-lactam (4-membered cyclic amide) rings is 1. The monoisotopic (exact) mass is 159 g/mol. The third kappa shape index (κ3) is 0.685. The molecule has 2 rings (SSSR count). The molecule has 0 aromatic heterocycles. The highest BCUT2D eigenvalue weighted by atomic mass is 35.5. The van der Waals surface area contributed by atoms with Gasteiger partial charge in [-0.05, 0) is 19.3 Å². The number of rotatable bonds is 0. The number of amides is 1. The van der Waals surface area contributed by atoms with Crippen molar-refractivity contribution in [3.63, 3.8) is 0 Å². The second-order valence-corrected chi connectivity index (χ2v) is 3.47. The van der Waals surface area contributed by atoms with E-state index in [-0.39, 0.29) is 11.3 Å². The number of piperidine rings is 1. The standard InChI is InChI=1S/C7H10ClNO/c8-6-5-3-1-2-4-9(5)7(6)10/h5-6H,1-4H2. The summed E-state index contributed by atoms with van der Waals surface area (Å²) >= 11 is 5.78. The summed E-state index contributed by atoms with van der Waals surface area (Å²) in [5.74, 6) is 0.145. The molecule has 0 aromatic rings. The third-order valence-corrected chi connectivity index (χ3v) is 2.88. The lowest BCUT2D eigenvalue weighted by atomic mass is 9.91. The molecule has 0 N–H and O–H groups in total. The van der Waals surface area contributed by atoms with Gasteiger partial charge in [-0.25, -0.2) is 0 Å². The molecule has 2 aliphatic rings. The first-order valence-electron chi connectivity index (χ1n) is 3.75. The molecule has 2 nitrogen and oxygen atoms in total. The molecule has 56 valence electrons. The van der Waals surface area contributed by atoms with Crippen LogP contribution in [0.4, 0.5) is 0 Å². The average Bonchev–Trinajstić information content (AvgIpc) is 2.03. The first kappa shape index (κ1) is 6.47. The molecule has 2 atom stereocenters. The smallest absolute Gasteiger partial charge is 0.243 e. The molecule has 1 amide bonds. The minimum Gasteiger partial charge on any atom is -0.336 e. The molecule has 0 radical (unpaired) electrons. The highest BCUT2D eigenvalue weighted by Crippen LogP contribution is 2.32. The van der Waals surface area contributed by atoms with Gasteiger partial charge in [0.2, 0.25) is 5.91 Å². The van der Waals surface area contributed by atoms with Crippen LogP contribution in [-0.2, 0) is 4.79 Å². The van der Waals surface area contributed by atoms with E-state index in [0.717, 1.165) is 19.4 Å². The van der Waals surface area contributed by atoms with Gasteiger partial charge in [0, 0.05) is 6.54 Å². The van der Waals surface area contributed by atoms with Crippen molar-refractivity contribution >= 4 is 17.5 Å². The highest BCUT2D eigenvalue weighted by molar-refractivity contribution is 6.33. The Kier molecular flexibility index (Phi) is 1.37. The van der Waals surface area contributed by atoms with Crippen molar-refractivity contribution in [2.45, 2.75) is 30.7 Å². The van der Waals surface area contributed by atoms with E-state index in [1.54, 1.807) is 0 Å².